The summed E-state index contributed by atoms with van der Waals surface area (Å²) in [6.07, 6.45) is 5.19. The van der Waals surface area contributed by atoms with Gasteiger partial charge >= 0.3 is 0 Å². The van der Waals surface area contributed by atoms with Crippen LogP contribution < -0.4 is 16.4 Å². The minimum atomic E-state index is 0.0169. The van der Waals surface area contributed by atoms with Gasteiger partial charge in [-0.1, -0.05) is 24.3 Å². The maximum absolute atomic E-state index is 12.5. The number of nitrogens with zero attached hydrogens (tertiary/aromatic N) is 1. The SMILES string of the molecule is CC(=O)NC[C@H]1CC[C@@H](CC(=O)NCc2ccc(CN)cc2)N1CC1CC1. The lowest BCUT2D eigenvalue weighted by atomic mass is 10.1. The number of nitrogens with two attached hydrogens (primary N) is 1. The van der Waals surface area contributed by atoms with Crippen molar-refractivity contribution in [1.29, 1.82) is 0 Å². The van der Waals surface area contributed by atoms with Gasteiger partial charge in [-0.15, -0.1) is 0 Å². The molecular formula is C21H32N4O2. The fraction of sp³-hybridized carbons (Fsp3) is 0.619. The third-order valence-corrected chi connectivity index (χ3v) is 5.69. The summed E-state index contributed by atoms with van der Waals surface area (Å²) in [5.41, 5.74) is 7.80. The molecule has 6 nitrogen and oxygen atoms in total. The van der Waals surface area contributed by atoms with Crippen LogP contribution in [0.4, 0.5) is 0 Å². The van der Waals surface area contributed by atoms with Crippen molar-refractivity contribution in [3.8, 4) is 0 Å². The number of hydrogen-bond acceptors (Lipinski definition) is 4. The van der Waals surface area contributed by atoms with Crippen LogP contribution in [0.2, 0.25) is 0 Å². The molecule has 1 saturated heterocycles. The molecule has 2 atom stereocenters. The highest BCUT2D eigenvalue weighted by Crippen LogP contribution is 2.35. The molecule has 0 aromatic heterocycles. The Hall–Kier alpha value is -1.92. The molecular weight excluding hydrogens is 340 g/mol. The first-order chi connectivity index (χ1) is 13.0. The van der Waals surface area contributed by atoms with Crippen molar-refractivity contribution in [2.75, 3.05) is 13.1 Å². The standard InChI is InChI=1S/C21H32N4O2/c1-15(26)23-13-20-9-8-19(25(20)14-18-6-7-18)10-21(27)24-12-17-4-2-16(11-22)3-5-17/h2-5,18-20H,6-14,22H2,1H3,(H,23,26)(H,24,27)/t19-,20+/m0/s1. The van der Waals surface area contributed by atoms with E-state index in [4.69, 9.17) is 5.73 Å². The molecule has 1 saturated carbocycles. The molecule has 4 N–H and O–H groups in total. The molecule has 6 heteroatoms. The molecule has 1 aromatic rings. The van der Waals surface area contributed by atoms with E-state index < -0.39 is 0 Å². The Kier molecular flexibility index (Phi) is 6.85. The van der Waals surface area contributed by atoms with Crippen LogP contribution in [0.25, 0.3) is 0 Å². The van der Waals surface area contributed by atoms with Gasteiger partial charge in [0.2, 0.25) is 11.8 Å². The van der Waals surface area contributed by atoms with Gasteiger partial charge in [-0.3, -0.25) is 14.5 Å². The first-order valence-corrected chi connectivity index (χ1v) is 10.1. The molecule has 0 radical (unpaired) electrons. The molecule has 1 aliphatic carbocycles. The molecule has 148 valence electrons. The zero-order valence-electron chi connectivity index (χ0n) is 16.2. The highest BCUT2D eigenvalue weighted by Gasteiger charge is 2.37. The minimum Gasteiger partial charge on any atom is -0.355 e. The highest BCUT2D eigenvalue weighted by atomic mass is 16.2. The molecule has 27 heavy (non-hydrogen) atoms. The van der Waals surface area contributed by atoms with Crippen LogP contribution in [0.1, 0.15) is 50.2 Å². The first-order valence-electron chi connectivity index (χ1n) is 10.1. The van der Waals surface area contributed by atoms with E-state index >= 15 is 0 Å². The lowest BCUT2D eigenvalue weighted by Gasteiger charge is -2.30. The van der Waals surface area contributed by atoms with Crippen LogP contribution >= 0.6 is 0 Å². The summed E-state index contributed by atoms with van der Waals surface area (Å²) in [4.78, 5) is 26.2. The highest BCUT2D eigenvalue weighted by molar-refractivity contribution is 5.76. The fourth-order valence-corrected chi connectivity index (χ4v) is 3.89. The summed E-state index contributed by atoms with van der Waals surface area (Å²) >= 11 is 0. The maximum Gasteiger partial charge on any atom is 0.221 e. The third kappa shape index (κ3) is 6.04. The van der Waals surface area contributed by atoms with E-state index in [2.05, 4.69) is 15.5 Å². The van der Waals surface area contributed by atoms with Crippen LogP contribution in [-0.2, 0) is 22.7 Å². The topological polar surface area (TPSA) is 87.5 Å². The van der Waals surface area contributed by atoms with Gasteiger partial charge in [0, 0.05) is 51.6 Å². The summed E-state index contributed by atoms with van der Waals surface area (Å²) in [5, 5.41) is 6.00. The molecule has 0 bridgehead atoms. The van der Waals surface area contributed by atoms with Crippen LogP contribution in [0.5, 0.6) is 0 Å². The van der Waals surface area contributed by atoms with Crippen LogP contribution in [-0.4, -0.2) is 41.9 Å². The lowest BCUT2D eigenvalue weighted by molar-refractivity contribution is -0.122. The summed E-state index contributed by atoms with van der Waals surface area (Å²) in [5.74, 6) is 0.890. The van der Waals surface area contributed by atoms with Crippen molar-refractivity contribution < 1.29 is 9.59 Å². The van der Waals surface area contributed by atoms with Gasteiger partial charge in [0.25, 0.3) is 0 Å². The predicted molar refractivity (Wildman–Crippen MR) is 106 cm³/mol. The summed E-state index contributed by atoms with van der Waals surface area (Å²) in [6.45, 7) is 4.39. The molecule has 2 amide bonds. The summed E-state index contributed by atoms with van der Waals surface area (Å²) in [7, 11) is 0. The Labute approximate surface area is 161 Å². The average molecular weight is 373 g/mol. The Morgan fingerprint density at radius 3 is 2.33 bits per heavy atom. The average Bonchev–Trinajstić information content (AvgIpc) is 3.41. The zero-order valence-corrected chi connectivity index (χ0v) is 16.2. The van der Waals surface area contributed by atoms with E-state index in [1.807, 2.05) is 24.3 Å². The van der Waals surface area contributed by atoms with Gasteiger partial charge in [0.05, 0.1) is 0 Å². The Morgan fingerprint density at radius 2 is 1.70 bits per heavy atom. The van der Waals surface area contributed by atoms with E-state index in [0.717, 1.165) is 36.4 Å². The van der Waals surface area contributed by atoms with Gasteiger partial charge in [-0.2, -0.15) is 0 Å². The van der Waals surface area contributed by atoms with Crippen LogP contribution in [0, 0.1) is 5.92 Å². The van der Waals surface area contributed by atoms with Crippen molar-refractivity contribution in [3.63, 3.8) is 0 Å². The monoisotopic (exact) mass is 372 g/mol. The van der Waals surface area contributed by atoms with E-state index in [9.17, 15) is 9.59 Å². The van der Waals surface area contributed by atoms with Crippen LogP contribution in [0.15, 0.2) is 24.3 Å². The summed E-state index contributed by atoms with van der Waals surface area (Å²) < 4.78 is 0. The predicted octanol–water partition coefficient (Wildman–Crippen LogP) is 1.53. The van der Waals surface area contributed by atoms with Crippen molar-refractivity contribution in [3.05, 3.63) is 35.4 Å². The molecule has 1 aromatic carbocycles. The number of carbonyl (C=O) groups excluding carboxylic acids is 2. The number of benzene rings is 1. The van der Waals surface area contributed by atoms with Crippen molar-refractivity contribution in [2.24, 2.45) is 11.7 Å². The van der Waals surface area contributed by atoms with Gasteiger partial charge in [-0.25, -0.2) is 0 Å². The number of amides is 2. The number of rotatable bonds is 9. The van der Waals surface area contributed by atoms with E-state index in [1.165, 1.54) is 12.8 Å². The third-order valence-electron chi connectivity index (χ3n) is 5.69. The molecule has 0 unspecified atom stereocenters. The molecule has 1 aliphatic heterocycles. The second-order valence-electron chi connectivity index (χ2n) is 7.96. The second kappa shape index (κ2) is 9.33. The first kappa shape index (κ1) is 19.8. The Morgan fingerprint density at radius 1 is 1.04 bits per heavy atom. The molecule has 3 rings (SSSR count). The largest absolute Gasteiger partial charge is 0.355 e. The fourth-order valence-electron chi connectivity index (χ4n) is 3.89. The van der Waals surface area contributed by atoms with Crippen molar-refractivity contribution in [1.82, 2.24) is 15.5 Å². The van der Waals surface area contributed by atoms with E-state index in [1.54, 1.807) is 6.92 Å². The van der Waals surface area contributed by atoms with Gasteiger partial charge in [-0.05, 0) is 42.7 Å². The van der Waals surface area contributed by atoms with Crippen molar-refractivity contribution in [2.45, 2.75) is 64.2 Å². The second-order valence-corrected chi connectivity index (χ2v) is 7.96. The van der Waals surface area contributed by atoms with Gasteiger partial charge < -0.3 is 16.4 Å². The Balaban J connectivity index is 1.49. The van der Waals surface area contributed by atoms with Crippen molar-refractivity contribution >= 4 is 11.8 Å². The number of carbonyl (C=O) groups is 2. The molecule has 2 aliphatic rings. The maximum atomic E-state index is 12.5. The lowest BCUT2D eigenvalue weighted by Crippen LogP contribution is -2.45. The molecule has 0 spiro atoms. The molecule has 2 fully saturated rings. The van der Waals surface area contributed by atoms with Gasteiger partial charge in [0.15, 0.2) is 0 Å². The Bertz CT molecular complexity index is 642. The number of hydrogen-bond donors (Lipinski definition) is 3. The van der Waals surface area contributed by atoms with E-state index in [0.29, 0.717) is 32.1 Å². The minimum absolute atomic E-state index is 0.0169. The smallest absolute Gasteiger partial charge is 0.221 e. The number of likely N-dealkylation sites (tertiary alicyclic amines) is 1. The molecule has 1 heterocycles. The number of nitrogens with one attached hydrogen (secondary N) is 2. The normalized spacial score (nSPS) is 22.6. The van der Waals surface area contributed by atoms with E-state index in [-0.39, 0.29) is 17.9 Å². The van der Waals surface area contributed by atoms with Gasteiger partial charge in [0.1, 0.15) is 0 Å². The zero-order chi connectivity index (χ0) is 19.2. The quantitative estimate of drug-likeness (QED) is 0.613. The summed E-state index contributed by atoms with van der Waals surface area (Å²) in [6, 6.07) is 8.67. The van der Waals surface area contributed by atoms with Crippen LogP contribution in [0.3, 0.4) is 0 Å².